The van der Waals surface area contributed by atoms with Crippen molar-refractivity contribution in [1.82, 2.24) is 15.3 Å². The van der Waals surface area contributed by atoms with Gasteiger partial charge in [-0.3, -0.25) is 9.97 Å². The number of pyridine rings is 2. The summed E-state index contributed by atoms with van der Waals surface area (Å²) < 4.78 is 0. The molecule has 2 rings (SSSR count). The summed E-state index contributed by atoms with van der Waals surface area (Å²) in [5.74, 6) is 0. The molecule has 18 heavy (non-hydrogen) atoms. The maximum atomic E-state index is 4.62. The molecule has 1 N–H and O–H groups in total. The van der Waals surface area contributed by atoms with E-state index in [0.29, 0.717) is 0 Å². The van der Waals surface area contributed by atoms with Gasteiger partial charge in [0.2, 0.25) is 0 Å². The molecule has 94 valence electrons. The maximum absolute atomic E-state index is 4.62. The molecule has 1 atom stereocenters. The van der Waals surface area contributed by atoms with Gasteiger partial charge >= 0.3 is 0 Å². The largest absolute Gasteiger partial charge is 0.305 e. The Balaban J connectivity index is 2.43. The van der Waals surface area contributed by atoms with Crippen LogP contribution in [0.5, 0.6) is 0 Å². The number of rotatable bonds is 4. The number of nitrogens with zero attached hydrogens (tertiary/aromatic N) is 2. The van der Waals surface area contributed by atoms with Crippen molar-refractivity contribution in [1.29, 1.82) is 0 Å². The number of aryl methyl sites for hydroxylation is 2. The molecule has 0 aliphatic rings. The van der Waals surface area contributed by atoms with Crippen LogP contribution in [0.4, 0.5) is 0 Å². The van der Waals surface area contributed by atoms with Gasteiger partial charge < -0.3 is 5.32 Å². The smallest absolute Gasteiger partial charge is 0.0769 e. The lowest BCUT2D eigenvalue weighted by molar-refractivity contribution is 0.609. The van der Waals surface area contributed by atoms with E-state index in [1.807, 2.05) is 37.5 Å². The lowest BCUT2D eigenvalue weighted by atomic mass is 10.0. The van der Waals surface area contributed by atoms with E-state index in [-0.39, 0.29) is 6.04 Å². The van der Waals surface area contributed by atoms with E-state index in [1.165, 1.54) is 11.1 Å². The van der Waals surface area contributed by atoms with Crippen LogP contribution in [-0.4, -0.2) is 16.5 Å². The summed E-state index contributed by atoms with van der Waals surface area (Å²) in [6.07, 6.45) is 3.75. The molecule has 3 nitrogen and oxygen atoms in total. The minimum Gasteiger partial charge on any atom is -0.305 e. The summed E-state index contributed by atoms with van der Waals surface area (Å²) in [4.78, 5) is 8.85. The van der Waals surface area contributed by atoms with Gasteiger partial charge in [-0.05, 0) is 49.7 Å². The van der Waals surface area contributed by atoms with Crippen LogP contribution in [0.2, 0.25) is 0 Å². The average Bonchev–Trinajstić information content (AvgIpc) is 2.37. The Hall–Kier alpha value is -1.74. The highest BCUT2D eigenvalue weighted by atomic mass is 14.9. The van der Waals surface area contributed by atoms with Gasteiger partial charge in [0, 0.05) is 18.1 Å². The third kappa shape index (κ3) is 2.74. The molecule has 2 aromatic heterocycles. The second-order valence-corrected chi connectivity index (χ2v) is 4.43. The molecule has 0 aromatic carbocycles. The van der Waals surface area contributed by atoms with Crippen molar-refractivity contribution in [2.24, 2.45) is 0 Å². The third-order valence-electron chi connectivity index (χ3n) is 3.00. The second kappa shape index (κ2) is 5.74. The standard InChI is InChI=1S/C15H19N3/c1-4-17-15(13-10-16-9-8-11(13)2)14-7-5-6-12(3)18-14/h5-10,15,17H,4H2,1-3H3. The minimum atomic E-state index is 0.114. The summed E-state index contributed by atoms with van der Waals surface area (Å²) >= 11 is 0. The Morgan fingerprint density at radius 2 is 2.06 bits per heavy atom. The Morgan fingerprint density at radius 1 is 1.22 bits per heavy atom. The summed E-state index contributed by atoms with van der Waals surface area (Å²) in [6.45, 7) is 7.13. The van der Waals surface area contributed by atoms with Crippen LogP contribution in [0, 0.1) is 13.8 Å². The fourth-order valence-corrected chi connectivity index (χ4v) is 2.08. The van der Waals surface area contributed by atoms with Gasteiger partial charge in [0.05, 0.1) is 11.7 Å². The fourth-order valence-electron chi connectivity index (χ4n) is 2.08. The monoisotopic (exact) mass is 241 g/mol. The molecule has 3 heteroatoms. The molecular weight excluding hydrogens is 222 g/mol. The van der Waals surface area contributed by atoms with Crippen molar-refractivity contribution in [2.45, 2.75) is 26.8 Å². The van der Waals surface area contributed by atoms with Crippen LogP contribution >= 0.6 is 0 Å². The minimum absolute atomic E-state index is 0.114. The molecule has 0 saturated carbocycles. The molecular formula is C15H19N3. The Morgan fingerprint density at radius 3 is 2.72 bits per heavy atom. The molecule has 0 bridgehead atoms. The van der Waals surface area contributed by atoms with Crippen LogP contribution in [0.25, 0.3) is 0 Å². The van der Waals surface area contributed by atoms with Crippen LogP contribution in [0.15, 0.2) is 36.7 Å². The molecule has 0 aliphatic carbocycles. The predicted octanol–water partition coefficient (Wildman–Crippen LogP) is 2.79. The second-order valence-electron chi connectivity index (χ2n) is 4.43. The molecule has 0 amide bonds. The van der Waals surface area contributed by atoms with Gasteiger partial charge in [-0.1, -0.05) is 13.0 Å². The van der Waals surface area contributed by atoms with Crippen LogP contribution in [0.1, 0.15) is 35.5 Å². The third-order valence-corrected chi connectivity index (χ3v) is 3.00. The van der Waals surface area contributed by atoms with Gasteiger partial charge in [0.25, 0.3) is 0 Å². The zero-order valence-electron chi connectivity index (χ0n) is 11.1. The summed E-state index contributed by atoms with van der Waals surface area (Å²) in [5, 5.41) is 3.48. The van der Waals surface area contributed by atoms with Crippen molar-refractivity contribution >= 4 is 0 Å². The first-order chi connectivity index (χ1) is 8.72. The van der Waals surface area contributed by atoms with E-state index in [2.05, 4.69) is 35.2 Å². The summed E-state index contributed by atoms with van der Waals surface area (Å²) in [5.41, 5.74) is 4.52. The van der Waals surface area contributed by atoms with E-state index >= 15 is 0 Å². The number of nitrogens with one attached hydrogen (secondary N) is 1. The van der Waals surface area contributed by atoms with Gasteiger partial charge in [0.1, 0.15) is 0 Å². The van der Waals surface area contributed by atoms with E-state index < -0.39 is 0 Å². The maximum Gasteiger partial charge on any atom is 0.0769 e. The topological polar surface area (TPSA) is 37.8 Å². The van der Waals surface area contributed by atoms with Crippen molar-refractivity contribution in [2.75, 3.05) is 6.54 Å². The van der Waals surface area contributed by atoms with Crippen molar-refractivity contribution in [3.8, 4) is 0 Å². The number of aromatic nitrogens is 2. The molecule has 0 aliphatic heterocycles. The molecule has 0 fully saturated rings. The SMILES string of the molecule is CCNC(c1cccc(C)n1)c1cnccc1C. The first-order valence-corrected chi connectivity index (χ1v) is 6.29. The Kier molecular flexibility index (Phi) is 4.05. The van der Waals surface area contributed by atoms with Crippen LogP contribution in [-0.2, 0) is 0 Å². The zero-order valence-corrected chi connectivity index (χ0v) is 11.1. The lowest BCUT2D eigenvalue weighted by Crippen LogP contribution is -2.24. The molecule has 0 spiro atoms. The Bertz CT molecular complexity index is 523. The van der Waals surface area contributed by atoms with Crippen molar-refractivity contribution in [3.05, 3.63) is 59.2 Å². The quantitative estimate of drug-likeness (QED) is 0.894. The van der Waals surface area contributed by atoms with Crippen molar-refractivity contribution in [3.63, 3.8) is 0 Å². The van der Waals surface area contributed by atoms with Crippen molar-refractivity contribution < 1.29 is 0 Å². The molecule has 0 saturated heterocycles. The van der Waals surface area contributed by atoms with Crippen LogP contribution < -0.4 is 5.32 Å². The fraction of sp³-hybridized carbons (Fsp3) is 0.333. The number of hydrogen-bond donors (Lipinski definition) is 1. The predicted molar refractivity (Wildman–Crippen MR) is 73.5 cm³/mol. The van der Waals surface area contributed by atoms with E-state index in [0.717, 1.165) is 17.9 Å². The van der Waals surface area contributed by atoms with E-state index in [9.17, 15) is 0 Å². The molecule has 0 radical (unpaired) electrons. The van der Waals surface area contributed by atoms with Crippen LogP contribution in [0.3, 0.4) is 0 Å². The number of hydrogen-bond acceptors (Lipinski definition) is 3. The van der Waals surface area contributed by atoms with Gasteiger partial charge in [-0.25, -0.2) is 0 Å². The molecule has 1 unspecified atom stereocenters. The average molecular weight is 241 g/mol. The first-order valence-electron chi connectivity index (χ1n) is 6.29. The van der Waals surface area contributed by atoms with E-state index in [4.69, 9.17) is 0 Å². The molecule has 2 aromatic rings. The van der Waals surface area contributed by atoms with Gasteiger partial charge in [-0.2, -0.15) is 0 Å². The Labute approximate surface area is 108 Å². The van der Waals surface area contributed by atoms with Gasteiger partial charge in [0.15, 0.2) is 0 Å². The van der Waals surface area contributed by atoms with Gasteiger partial charge in [-0.15, -0.1) is 0 Å². The zero-order chi connectivity index (χ0) is 13.0. The lowest BCUT2D eigenvalue weighted by Gasteiger charge is -2.19. The van der Waals surface area contributed by atoms with E-state index in [1.54, 1.807) is 0 Å². The summed E-state index contributed by atoms with van der Waals surface area (Å²) in [6, 6.07) is 8.28. The first kappa shape index (κ1) is 12.7. The summed E-state index contributed by atoms with van der Waals surface area (Å²) in [7, 11) is 0. The molecule has 2 heterocycles. The normalized spacial score (nSPS) is 12.4. The highest BCUT2D eigenvalue weighted by Gasteiger charge is 2.16. The highest BCUT2D eigenvalue weighted by Crippen LogP contribution is 2.22. The highest BCUT2D eigenvalue weighted by molar-refractivity contribution is 5.32.